The van der Waals surface area contributed by atoms with E-state index in [4.69, 9.17) is 5.73 Å². The number of nitro benzene ring substituents is 1. The SMILES string of the molecule is COC(=O)c1sc(NC(=O)c2ccc([N+](=O)[O-])cc2)c(C(N)=O)c1C. The molecule has 130 valence electrons. The second kappa shape index (κ2) is 7.09. The molecule has 1 aromatic carbocycles. The van der Waals surface area contributed by atoms with E-state index in [2.05, 4.69) is 10.1 Å². The number of carbonyl (C=O) groups excluding carboxylic acids is 3. The van der Waals surface area contributed by atoms with Gasteiger partial charge >= 0.3 is 5.97 Å². The highest BCUT2D eigenvalue weighted by Gasteiger charge is 2.25. The normalized spacial score (nSPS) is 10.2. The first-order valence-corrected chi connectivity index (χ1v) is 7.65. The number of hydrogen-bond donors (Lipinski definition) is 2. The Hall–Kier alpha value is -3.27. The van der Waals surface area contributed by atoms with E-state index in [0.717, 1.165) is 11.3 Å². The van der Waals surface area contributed by atoms with Gasteiger partial charge in [-0.3, -0.25) is 19.7 Å². The maximum Gasteiger partial charge on any atom is 0.348 e. The number of ether oxygens (including phenoxy) is 1. The minimum absolute atomic E-state index is 0.0145. The number of anilines is 1. The molecule has 2 rings (SSSR count). The van der Waals surface area contributed by atoms with Gasteiger partial charge in [0, 0.05) is 17.7 Å². The summed E-state index contributed by atoms with van der Waals surface area (Å²) in [5.41, 5.74) is 5.64. The number of non-ortho nitro benzene ring substituents is 1. The maximum absolute atomic E-state index is 12.3. The molecule has 0 fully saturated rings. The molecule has 0 radical (unpaired) electrons. The zero-order chi connectivity index (χ0) is 18.7. The van der Waals surface area contributed by atoms with E-state index in [-0.39, 0.29) is 26.7 Å². The van der Waals surface area contributed by atoms with Gasteiger partial charge in [-0.15, -0.1) is 11.3 Å². The number of nitrogens with two attached hydrogens (primary N) is 1. The van der Waals surface area contributed by atoms with Crippen LogP contribution >= 0.6 is 11.3 Å². The number of carbonyl (C=O) groups is 3. The predicted octanol–water partition coefficient (Wildman–Crippen LogP) is 2.10. The Labute approximate surface area is 145 Å². The van der Waals surface area contributed by atoms with Gasteiger partial charge in [0.05, 0.1) is 17.6 Å². The average Bonchev–Trinajstić information content (AvgIpc) is 2.90. The smallest absolute Gasteiger partial charge is 0.348 e. The number of nitro groups is 1. The molecule has 1 heterocycles. The average molecular weight is 363 g/mol. The van der Waals surface area contributed by atoms with Crippen LogP contribution in [-0.4, -0.2) is 29.8 Å². The number of esters is 1. The predicted molar refractivity (Wildman–Crippen MR) is 90.0 cm³/mol. The Morgan fingerprint density at radius 1 is 1.24 bits per heavy atom. The summed E-state index contributed by atoms with van der Waals surface area (Å²) in [5.74, 6) is -2.06. The van der Waals surface area contributed by atoms with Crippen molar-refractivity contribution in [2.24, 2.45) is 5.73 Å². The molecule has 0 spiro atoms. The number of benzene rings is 1. The number of methoxy groups -OCH3 is 1. The third-order valence-electron chi connectivity index (χ3n) is 3.33. The minimum Gasteiger partial charge on any atom is -0.465 e. The number of thiophene rings is 1. The van der Waals surface area contributed by atoms with Gasteiger partial charge in [0.15, 0.2) is 0 Å². The molecule has 9 nitrogen and oxygen atoms in total. The topological polar surface area (TPSA) is 142 Å². The van der Waals surface area contributed by atoms with Crippen LogP contribution in [0.15, 0.2) is 24.3 Å². The maximum atomic E-state index is 12.3. The van der Waals surface area contributed by atoms with Crippen LogP contribution in [0, 0.1) is 17.0 Å². The third kappa shape index (κ3) is 3.63. The highest BCUT2D eigenvalue weighted by molar-refractivity contribution is 7.18. The summed E-state index contributed by atoms with van der Waals surface area (Å²) in [6.45, 7) is 1.52. The van der Waals surface area contributed by atoms with Crippen molar-refractivity contribution in [3.05, 3.63) is 55.9 Å². The largest absolute Gasteiger partial charge is 0.465 e. The van der Waals surface area contributed by atoms with Crippen LogP contribution in [0.4, 0.5) is 10.7 Å². The Morgan fingerprint density at radius 3 is 2.32 bits per heavy atom. The first-order chi connectivity index (χ1) is 11.8. The summed E-state index contributed by atoms with van der Waals surface area (Å²) in [5, 5.41) is 13.2. The minimum atomic E-state index is -0.803. The van der Waals surface area contributed by atoms with Crippen molar-refractivity contribution in [2.75, 3.05) is 12.4 Å². The first-order valence-electron chi connectivity index (χ1n) is 6.83. The molecule has 0 atom stereocenters. The molecule has 10 heteroatoms. The molecule has 2 amide bonds. The van der Waals surface area contributed by atoms with Crippen molar-refractivity contribution in [1.29, 1.82) is 0 Å². The summed E-state index contributed by atoms with van der Waals surface area (Å²) in [4.78, 5) is 45.9. The fourth-order valence-electron chi connectivity index (χ4n) is 2.10. The zero-order valence-electron chi connectivity index (χ0n) is 13.2. The Morgan fingerprint density at radius 2 is 1.84 bits per heavy atom. The van der Waals surface area contributed by atoms with E-state index in [1.54, 1.807) is 0 Å². The molecule has 0 saturated heterocycles. The number of rotatable bonds is 5. The van der Waals surface area contributed by atoms with Crippen LogP contribution in [0.5, 0.6) is 0 Å². The van der Waals surface area contributed by atoms with Gasteiger partial charge in [0.25, 0.3) is 17.5 Å². The lowest BCUT2D eigenvalue weighted by atomic mass is 10.1. The van der Waals surface area contributed by atoms with Gasteiger partial charge in [0.1, 0.15) is 9.88 Å². The molecule has 0 aliphatic rings. The van der Waals surface area contributed by atoms with Gasteiger partial charge in [-0.1, -0.05) is 0 Å². The Kier molecular flexibility index (Phi) is 5.13. The van der Waals surface area contributed by atoms with Gasteiger partial charge in [-0.2, -0.15) is 0 Å². The van der Waals surface area contributed by atoms with Gasteiger partial charge in [-0.25, -0.2) is 4.79 Å². The van der Waals surface area contributed by atoms with Gasteiger partial charge in [0.2, 0.25) is 0 Å². The molecule has 0 unspecified atom stereocenters. The van der Waals surface area contributed by atoms with Crippen LogP contribution in [0.1, 0.15) is 36.0 Å². The van der Waals surface area contributed by atoms with Gasteiger partial charge in [-0.05, 0) is 24.6 Å². The quantitative estimate of drug-likeness (QED) is 0.473. The van der Waals surface area contributed by atoms with Crippen molar-refractivity contribution >= 4 is 39.8 Å². The summed E-state index contributed by atoms with van der Waals surface area (Å²) in [7, 11) is 1.20. The molecule has 25 heavy (non-hydrogen) atoms. The number of primary amides is 1. The van der Waals surface area contributed by atoms with E-state index >= 15 is 0 Å². The summed E-state index contributed by atoms with van der Waals surface area (Å²) in [6.07, 6.45) is 0. The number of nitrogens with zero attached hydrogens (tertiary/aromatic N) is 1. The third-order valence-corrected chi connectivity index (χ3v) is 4.52. The highest BCUT2D eigenvalue weighted by Crippen LogP contribution is 2.33. The summed E-state index contributed by atoms with van der Waals surface area (Å²) in [6, 6.07) is 4.92. The number of amides is 2. The van der Waals surface area contributed by atoms with Crippen molar-refractivity contribution in [3.8, 4) is 0 Å². The van der Waals surface area contributed by atoms with E-state index in [1.807, 2.05) is 0 Å². The van der Waals surface area contributed by atoms with Crippen LogP contribution in [0.3, 0.4) is 0 Å². The second-order valence-electron chi connectivity index (χ2n) is 4.87. The number of hydrogen-bond acceptors (Lipinski definition) is 7. The molecule has 0 bridgehead atoms. The van der Waals surface area contributed by atoms with Gasteiger partial charge < -0.3 is 15.8 Å². The van der Waals surface area contributed by atoms with Crippen molar-refractivity contribution < 1.29 is 24.0 Å². The van der Waals surface area contributed by atoms with Crippen molar-refractivity contribution in [3.63, 3.8) is 0 Å². The monoisotopic (exact) mass is 363 g/mol. The van der Waals surface area contributed by atoms with Crippen LogP contribution in [0.25, 0.3) is 0 Å². The van der Waals surface area contributed by atoms with E-state index in [1.165, 1.54) is 38.3 Å². The number of nitrogens with one attached hydrogen (secondary N) is 1. The molecular formula is C15H13N3O6S. The Balaban J connectivity index is 2.35. The molecule has 0 saturated carbocycles. The lowest BCUT2D eigenvalue weighted by Crippen LogP contribution is -2.17. The van der Waals surface area contributed by atoms with Crippen LogP contribution in [-0.2, 0) is 4.74 Å². The highest BCUT2D eigenvalue weighted by atomic mass is 32.1. The van der Waals surface area contributed by atoms with Crippen LogP contribution < -0.4 is 11.1 Å². The molecule has 0 aliphatic heterocycles. The Bertz CT molecular complexity index is 872. The van der Waals surface area contributed by atoms with Crippen molar-refractivity contribution in [1.82, 2.24) is 0 Å². The molecule has 2 aromatic rings. The molecule has 3 N–H and O–H groups in total. The molecule has 0 aliphatic carbocycles. The summed E-state index contributed by atoms with van der Waals surface area (Å²) < 4.78 is 4.63. The van der Waals surface area contributed by atoms with Crippen LogP contribution in [0.2, 0.25) is 0 Å². The van der Waals surface area contributed by atoms with E-state index < -0.39 is 22.7 Å². The van der Waals surface area contributed by atoms with E-state index in [9.17, 15) is 24.5 Å². The fourth-order valence-corrected chi connectivity index (χ4v) is 3.22. The van der Waals surface area contributed by atoms with Crippen molar-refractivity contribution in [2.45, 2.75) is 6.92 Å². The first kappa shape index (κ1) is 18.1. The summed E-state index contributed by atoms with van der Waals surface area (Å²) >= 11 is 0.863. The fraction of sp³-hybridized carbons (Fsp3) is 0.133. The van der Waals surface area contributed by atoms with E-state index in [0.29, 0.717) is 5.56 Å². The molecule has 1 aromatic heterocycles. The lowest BCUT2D eigenvalue weighted by molar-refractivity contribution is -0.384. The zero-order valence-corrected chi connectivity index (χ0v) is 14.0. The second-order valence-corrected chi connectivity index (χ2v) is 5.89. The molecular weight excluding hydrogens is 350 g/mol. The lowest BCUT2D eigenvalue weighted by Gasteiger charge is -2.05. The standard InChI is InChI=1S/C15H13N3O6S/c1-7-10(12(16)19)14(25-11(7)15(21)24-2)17-13(20)8-3-5-9(6-4-8)18(22)23/h3-6H,1-2H3,(H2,16,19)(H,17,20).